The highest BCUT2D eigenvalue weighted by molar-refractivity contribution is 7.99. The molecule has 1 amide bonds. The van der Waals surface area contributed by atoms with Crippen LogP contribution in [-0.4, -0.2) is 36.3 Å². The molecule has 0 saturated carbocycles. The summed E-state index contributed by atoms with van der Waals surface area (Å²) < 4.78 is 9.09. The number of rotatable bonds is 9. The van der Waals surface area contributed by atoms with E-state index in [0.29, 0.717) is 22.7 Å². The lowest BCUT2D eigenvalue weighted by molar-refractivity contribution is -0.113. The molecule has 0 aliphatic rings. The fraction of sp³-hybridized carbons (Fsp3) is 0.280. The van der Waals surface area contributed by atoms with Crippen molar-refractivity contribution in [3.05, 3.63) is 77.2 Å². The van der Waals surface area contributed by atoms with Crippen molar-refractivity contribution in [2.24, 2.45) is 0 Å². The second-order valence-corrected chi connectivity index (χ2v) is 9.45. The van der Waals surface area contributed by atoms with Crippen LogP contribution in [0.15, 0.2) is 59.8 Å². The summed E-state index contributed by atoms with van der Waals surface area (Å²) >= 11 is 1.20. The van der Waals surface area contributed by atoms with E-state index in [-0.39, 0.29) is 18.3 Å². The van der Waals surface area contributed by atoms with E-state index in [1.807, 2.05) is 56.3 Å². The molecule has 3 N–H and O–H groups in total. The first-order valence-corrected chi connectivity index (χ1v) is 12.3. The summed E-state index contributed by atoms with van der Waals surface area (Å²) in [5, 5.41) is 16.1. The zero-order valence-electron chi connectivity index (χ0n) is 20.2. The highest BCUT2D eigenvalue weighted by Gasteiger charge is 2.16. The van der Waals surface area contributed by atoms with Crippen molar-refractivity contribution in [2.45, 2.75) is 45.4 Å². The van der Waals surface area contributed by atoms with E-state index in [1.54, 1.807) is 4.68 Å². The molecule has 4 aromatic rings. The van der Waals surface area contributed by atoms with Crippen LogP contribution in [0.25, 0.3) is 5.69 Å². The molecule has 0 saturated heterocycles. The van der Waals surface area contributed by atoms with Gasteiger partial charge in [0.15, 0.2) is 5.82 Å². The number of aryl methyl sites for hydroxylation is 2. The van der Waals surface area contributed by atoms with Crippen LogP contribution in [0.2, 0.25) is 0 Å². The van der Waals surface area contributed by atoms with Crippen LogP contribution in [0.1, 0.15) is 42.4 Å². The van der Waals surface area contributed by atoms with Gasteiger partial charge in [-0.1, -0.05) is 55.9 Å². The highest BCUT2D eigenvalue weighted by Crippen LogP contribution is 2.28. The fourth-order valence-corrected chi connectivity index (χ4v) is 4.23. The van der Waals surface area contributed by atoms with Gasteiger partial charge in [-0.2, -0.15) is 5.10 Å². The number of ether oxygens (including phenoxy) is 1. The number of para-hydroxylation sites is 1. The Morgan fingerprint density at radius 2 is 1.89 bits per heavy atom. The van der Waals surface area contributed by atoms with Gasteiger partial charge >= 0.3 is 0 Å². The molecule has 0 fully saturated rings. The molecular weight excluding hydrogens is 462 g/mol. The average Bonchev–Trinajstić information content (AvgIpc) is 3.38. The second kappa shape index (κ2) is 10.6. The van der Waals surface area contributed by atoms with Crippen LogP contribution in [0, 0.1) is 13.8 Å². The molecular formula is C25H29N7O2S. The molecule has 0 spiro atoms. The monoisotopic (exact) mass is 491 g/mol. The number of hydrogen-bond acceptors (Lipinski definition) is 7. The molecule has 0 atom stereocenters. The van der Waals surface area contributed by atoms with Gasteiger partial charge < -0.3 is 15.9 Å². The Kier molecular flexibility index (Phi) is 7.40. The predicted molar refractivity (Wildman–Crippen MR) is 137 cm³/mol. The molecule has 10 heteroatoms. The van der Waals surface area contributed by atoms with Gasteiger partial charge in [-0.15, -0.1) is 10.2 Å². The number of nitrogens with one attached hydrogen (secondary N) is 1. The lowest BCUT2D eigenvalue weighted by atomic mass is 10.0. The molecule has 35 heavy (non-hydrogen) atoms. The molecule has 0 aliphatic carbocycles. The molecule has 182 valence electrons. The molecule has 2 aromatic carbocycles. The first-order valence-electron chi connectivity index (χ1n) is 11.3. The summed E-state index contributed by atoms with van der Waals surface area (Å²) in [5.41, 5.74) is 3.90. The van der Waals surface area contributed by atoms with E-state index < -0.39 is 0 Å². The van der Waals surface area contributed by atoms with Gasteiger partial charge in [0.25, 0.3) is 0 Å². The molecule has 9 nitrogen and oxygen atoms in total. The molecule has 2 heterocycles. The van der Waals surface area contributed by atoms with Gasteiger partial charge in [0.1, 0.15) is 18.2 Å². The van der Waals surface area contributed by atoms with Crippen molar-refractivity contribution >= 4 is 23.5 Å². The van der Waals surface area contributed by atoms with Gasteiger partial charge in [0.2, 0.25) is 11.1 Å². The maximum Gasteiger partial charge on any atom is 0.236 e. The standard InChI is InChI=1S/C25H29N7O2S/c1-16(2)20-11-10-17(3)12-21(20)34-14-23-28-29-25(31(23)26)35-15-24(33)27-22-13-18(4)30-32(22)19-8-6-5-7-9-19/h5-13,16H,14-15,26H2,1-4H3,(H,27,33). The van der Waals surface area contributed by atoms with Crippen LogP contribution in [0.5, 0.6) is 5.75 Å². The minimum absolute atomic E-state index is 0.116. The molecule has 0 bridgehead atoms. The summed E-state index contributed by atoms with van der Waals surface area (Å²) in [5.74, 6) is 8.31. The topological polar surface area (TPSA) is 113 Å². The Morgan fingerprint density at radius 3 is 2.63 bits per heavy atom. The molecule has 2 aromatic heterocycles. The normalized spacial score (nSPS) is 11.1. The number of hydrogen-bond donors (Lipinski definition) is 2. The molecule has 0 radical (unpaired) electrons. The minimum Gasteiger partial charge on any atom is -0.485 e. The van der Waals surface area contributed by atoms with E-state index in [9.17, 15) is 4.79 Å². The van der Waals surface area contributed by atoms with Crippen LogP contribution in [0.3, 0.4) is 0 Å². The molecule has 4 rings (SSSR count). The summed E-state index contributed by atoms with van der Waals surface area (Å²) in [4.78, 5) is 12.6. The number of anilines is 1. The van der Waals surface area contributed by atoms with Crippen LogP contribution in [0.4, 0.5) is 5.82 Å². The quantitative estimate of drug-likeness (QED) is 0.266. The van der Waals surface area contributed by atoms with Crippen LogP contribution in [-0.2, 0) is 11.4 Å². The van der Waals surface area contributed by atoms with Crippen molar-refractivity contribution in [3.63, 3.8) is 0 Å². The number of carbonyl (C=O) groups excluding carboxylic acids is 1. The third-order valence-corrected chi connectivity index (χ3v) is 6.26. The van der Waals surface area contributed by atoms with E-state index >= 15 is 0 Å². The van der Waals surface area contributed by atoms with E-state index in [0.717, 1.165) is 28.3 Å². The average molecular weight is 492 g/mol. The largest absolute Gasteiger partial charge is 0.485 e. The number of thioether (sulfide) groups is 1. The number of nitrogens with two attached hydrogens (primary N) is 1. The van der Waals surface area contributed by atoms with Gasteiger partial charge in [0, 0.05) is 6.07 Å². The second-order valence-electron chi connectivity index (χ2n) is 8.51. The van der Waals surface area contributed by atoms with Gasteiger partial charge in [-0.25, -0.2) is 9.36 Å². The number of benzene rings is 2. The van der Waals surface area contributed by atoms with Crippen LogP contribution < -0.4 is 15.9 Å². The zero-order valence-corrected chi connectivity index (χ0v) is 21.0. The number of nitrogens with zero attached hydrogens (tertiary/aromatic N) is 5. The zero-order chi connectivity index (χ0) is 24.9. The third-order valence-electron chi connectivity index (χ3n) is 5.32. The van der Waals surface area contributed by atoms with Crippen molar-refractivity contribution in [1.29, 1.82) is 0 Å². The van der Waals surface area contributed by atoms with E-state index in [2.05, 4.69) is 46.6 Å². The Morgan fingerprint density at radius 1 is 1.11 bits per heavy atom. The summed E-state index contributed by atoms with van der Waals surface area (Å²) in [7, 11) is 0. The van der Waals surface area contributed by atoms with Crippen molar-refractivity contribution in [2.75, 3.05) is 16.9 Å². The SMILES string of the molecule is Cc1ccc(C(C)C)c(OCc2nnc(SCC(=O)Nc3cc(C)nn3-c3ccccc3)n2N)c1. The molecule has 0 unspecified atom stereocenters. The Labute approximate surface area is 208 Å². The summed E-state index contributed by atoms with van der Waals surface area (Å²) in [6, 6.07) is 17.6. The first kappa shape index (κ1) is 24.3. The van der Waals surface area contributed by atoms with Gasteiger partial charge in [-0.05, 0) is 49.1 Å². The fourth-order valence-electron chi connectivity index (χ4n) is 3.55. The smallest absolute Gasteiger partial charge is 0.236 e. The number of amides is 1. The van der Waals surface area contributed by atoms with E-state index in [4.69, 9.17) is 10.6 Å². The molecule has 0 aliphatic heterocycles. The van der Waals surface area contributed by atoms with Crippen molar-refractivity contribution in [1.82, 2.24) is 24.7 Å². The number of carbonyl (C=O) groups is 1. The van der Waals surface area contributed by atoms with Crippen LogP contribution >= 0.6 is 11.8 Å². The Hall–Kier alpha value is -3.79. The maximum absolute atomic E-state index is 12.6. The summed E-state index contributed by atoms with van der Waals surface area (Å²) in [6.07, 6.45) is 0. The summed E-state index contributed by atoms with van der Waals surface area (Å²) in [6.45, 7) is 8.32. The van der Waals surface area contributed by atoms with Gasteiger partial charge in [0.05, 0.1) is 17.1 Å². The first-order chi connectivity index (χ1) is 16.8. The Bertz CT molecular complexity index is 1310. The Balaban J connectivity index is 1.37. The minimum atomic E-state index is -0.200. The number of aromatic nitrogens is 5. The number of nitrogen functional groups attached to an aromatic ring is 1. The third kappa shape index (κ3) is 5.83. The van der Waals surface area contributed by atoms with Crippen molar-refractivity contribution in [3.8, 4) is 11.4 Å². The highest BCUT2D eigenvalue weighted by atomic mass is 32.2. The van der Waals surface area contributed by atoms with Crippen molar-refractivity contribution < 1.29 is 9.53 Å². The maximum atomic E-state index is 12.6. The lowest BCUT2D eigenvalue weighted by Gasteiger charge is -2.14. The lowest BCUT2D eigenvalue weighted by Crippen LogP contribution is -2.19. The van der Waals surface area contributed by atoms with Gasteiger partial charge in [-0.3, -0.25) is 4.79 Å². The predicted octanol–water partition coefficient (Wildman–Crippen LogP) is 4.23. The van der Waals surface area contributed by atoms with E-state index in [1.165, 1.54) is 16.4 Å².